The standard InChI is InChI=1S/C26H30N2/c27-25-13-5-21(6-14-25)17-19-1-9-23(10-2-19)24-11-3-20(4-12-24)18-22-7-15-26(28)16-8-22/h1-2,5-10,13-16,20,24H,3-4,11-12,17-18,27-28H2. The van der Waals surface area contributed by atoms with Gasteiger partial charge in [-0.05, 0) is 96.9 Å². The van der Waals surface area contributed by atoms with Gasteiger partial charge in [0.05, 0.1) is 0 Å². The van der Waals surface area contributed by atoms with Crippen molar-refractivity contribution < 1.29 is 0 Å². The molecule has 1 saturated carbocycles. The van der Waals surface area contributed by atoms with E-state index in [-0.39, 0.29) is 0 Å². The molecule has 0 aromatic heterocycles. The highest BCUT2D eigenvalue weighted by atomic mass is 14.5. The molecule has 0 amide bonds. The summed E-state index contributed by atoms with van der Waals surface area (Å²) in [6.45, 7) is 0. The Balaban J connectivity index is 1.30. The van der Waals surface area contributed by atoms with Crippen LogP contribution >= 0.6 is 0 Å². The molecular weight excluding hydrogens is 340 g/mol. The van der Waals surface area contributed by atoms with Crippen LogP contribution in [0.5, 0.6) is 0 Å². The summed E-state index contributed by atoms with van der Waals surface area (Å²) >= 11 is 0. The maximum absolute atomic E-state index is 5.80. The smallest absolute Gasteiger partial charge is 0.0314 e. The zero-order valence-corrected chi connectivity index (χ0v) is 16.5. The van der Waals surface area contributed by atoms with E-state index in [0.717, 1.165) is 23.7 Å². The molecule has 2 heteroatoms. The molecule has 1 aliphatic rings. The van der Waals surface area contributed by atoms with Crippen LogP contribution in [0.4, 0.5) is 11.4 Å². The number of nitrogens with two attached hydrogens (primary N) is 2. The monoisotopic (exact) mass is 370 g/mol. The van der Waals surface area contributed by atoms with Crippen molar-refractivity contribution in [2.45, 2.75) is 44.4 Å². The molecule has 4 N–H and O–H groups in total. The zero-order valence-electron chi connectivity index (χ0n) is 16.5. The molecule has 0 atom stereocenters. The van der Waals surface area contributed by atoms with Crippen molar-refractivity contribution in [3.8, 4) is 0 Å². The molecule has 0 saturated heterocycles. The maximum atomic E-state index is 5.80. The molecular formula is C26H30N2. The zero-order chi connectivity index (χ0) is 19.3. The SMILES string of the molecule is Nc1ccc(Cc2ccc(C3CCC(Cc4ccc(N)cc4)CC3)cc2)cc1. The molecule has 3 aromatic carbocycles. The summed E-state index contributed by atoms with van der Waals surface area (Å²) < 4.78 is 0. The Morgan fingerprint density at radius 1 is 0.571 bits per heavy atom. The van der Waals surface area contributed by atoms with Crippen molar-refractivity contribution in [3.63, 3.8) is 0 Å². The summed E-state index contributed by atoms with van der Waals surface area (Å²) in [5, 5.41) is 0. The quantitative estimate of drug-likeness (QED) is 0.545. The first-order valence-corrected chi connectivity index (χ1v) is 10.4. The lowest BCUT2D eigenvalue weighted by Crippen LogP contribution is -2.15. The number of hydrogen-bond donors (Lipinski definition) is 2. The van der Waals surface area contributed by atoms with Gasteiger partial charge in [0, 0.05) is 11.4 Å². The number of nitrogen functional groups attached to an aromatic ring is 2. The minimum Gasteiger partial charge on any atom is -0.399 e. The molecule has 1 fully saturated rings. The lowest BCUT2D eigenvalue weighted by molar-refractivity contribution is 0.324. The van der Waals surface area contributed by atoms with Crippen molar-refractivity contribution in [1.29, 1.82) is 0 Å². The van der Waals surface area contributed by atoms with Crippen molar-refractivity contribution in [2.75, 3.05) is 11.5 Å². The van der Waals surface area contributed by atoms with Crippen LogP contribution in [0.3, 0.4) is 0 Å². The van der Waals surface area contributed by atoms with Gasteiger partial charge in [-0.3, -0.25) is 0 Å². The second-order valence-corrected chi connectivity index (χ2v) is 8.32. The third-order valence-corrected chi connectivity index (χ3v) is 6.19. The molecule has 0 spiro atoms. The van der Waals surface area contributed by atoms with Crippen molar-refractivity contribution in [1.82, 2.24) is 0 Å². The Morgan fingerprint density at radius 2 is 1.04 bits per heavy atom. The molecule has 0 unspecified atom stereocenters. The lowest BCUT2D eigenvalue weighted by atomic mass is 9.76. The first kappa shape index (κ1) is 18.6. The molecule has 3 aromatic rings. The predicted molar refractivity (Wildman–Crippen MR) is 119 cm³/mol. The van der Waals surface area contributed by atoms with E-state index in [9.17, 15) is 0 Å². The number of hydrogen-bond acceptors (Lipinski definition) is 2. The normalized spacial score (nSPS) is 19.4. The van der Waals surface area contributed by atoms with Crippen LogP contribution in [0.15, 0.2) is 72.8 Å². The van der Waals surface area contributed by atoms with Gasteiger partial charge in [-0.25, -0.2) is 0 Å². The highest BCUT2D eigenvalue weighted by Gasteiger charge is 2.22. The van der Waals surface area contributed by atoms with Gasteiger partial charge in [-0.15, -0.1) is 0 Å². The van der Waals surface area contributed by atoms with Crippen LogP contribution in [0.2, 0.25) is 0 Å². The Kier molecular flexibility index (Phi) is 5.66. The lowest BCUT2D eigenvalue weighted by Gasteiger charge is -2.29. The third kappa shape index (κ3) is 4.75. The van der Waals surface area contributed by atoms with Gasteiger partial charge in [-0.2, -0.15) is 0 Å². The Labute approximate surface area is 168 Å². The van der Waals surface area contributed by atoms with Crippen LogP contribution in [0, 0.1) is 5.92 Å². The third-order valence-electron chi connectivity index (χ3n) is 6.19. The molecule has 0 bridgehead atoms. The van der Waals surface area contributed by atoms with Gasteiger partial charge >= 0.3 is 0 Å². The van der Waals surface area contributed by atoms with Crippen molar-refractivity contribution >= 4 is 11.4 Å². The van der Waals surface area contributed by atoms with E-state index in [0.29, 0.717) is 5.92 Å². The van der Waals surface area contributed by atoms with Crippen LogP contribution in [0.1, 0.15) is 53.9 Å². The Hall–Kier alpha value is -2.74. The van der Waals surface area contributed by atoms with Crippen LogP contribution in [-0.4, -0.2) is 0 Å². The summed E-state index contributed by atoms with van der Waals surface area (Å²) in [5.41, 5.74) is 18.9. The number of benzene rings is 3. The molecule has 0 radical (unpaired) electrons. The van der Waals surface area contributed by atoms with E-state index >= 15 is 0 Å². The van der Waals surface area contributed by atoms with Crippen LogP contribution < -0.4 is 11.5 Å². The minimum atomic E-state index is 0.716. The van der Waals surface area contributed by atoms with Gasteiger partial charge < -0.3 is 11.5 Å². The predicted octanol–water partition coefficient (Wildman–Crippen LogP) is 5.96. The first-order valence-electron chi connectivity index (χ1n) is 10.4. The van der Waals surface area contributed by atoms with Crippen LogP contribution in [0.25, 0.3) is 0 Å². The average molecular weight is 371 g/mol. The second kappa shape index (κ2) is 8.52. The van der Waals surface area contributed by atoms with Gasteiger partial charge in [0.1, 0.15) is 0 Å². The minimum absolute atomic E-state index is 0.716. The molecule has 4 rings (SSSR count). The summed E-state index contributed by atoms with van der Waals surface area (Å²) in [6.07, 6.45) is 7.40. The van der Waals surface area contributed by atoms with Gasteiger partial charge in [-0.1, -0.05) is 48.5 Å². The molecule has 1 aliphatic carbocycles. The van der Waals surface area contributed by atoms with Gasteiger partial charge in [0.2, 0.25) is 0 Å². The highest BCUT2D eigenvalue weighted by molar-refractivity contribution is 5.41. The van der Waals surface area contributed by atoms with Gasteiger partial charge in [0.25, 0.3) is 0 Å². The van der Waals surface area contributed by atoms with Crippen LogP contribution in [-0.2, 0) is 12.8 Å². The molecule has 28 heavy (non-hydrogen) atoms. The highest BCUT2D eigenvalue weighted by Crippen LogP contribution is 2.37. The molecule has 2 nitrogen and oxygen atoms in total. The molecule has 0 heterocycles. The van der Waals surface area contributed by atoms with E-state index in [1.165, 1.54) is 54.4 Å². The van der Waals surface area contributed by atoms with E-state index < -0.39 is 0 Å². The Morgan fingerprint density at radius 3 is 1.57 bits per heavy atom. The summed E-state index contributed by atoms with van der Waals surface area (Å²) in [4.78, 5) is 0. The molecule has 0 aliphatic heterocycles. The fraction of sp³-hybridized carbons (Fsp3) is 0.308. The fourth-order valence-electron chi connectivity index (χ4n) is 4.47. The topological polar surface area (TPSA) is 52.0 Å². The largest absolute Gasteiger partial charge is 0.399 e. The second-order valence-electron chi connectivity index (χ2n) is 8.32. The first-order chi connectivity index (χ1) is 13.7. The number of anilines is 2. The Bertz CT molecular complexity index is 871. The van der Waals surface area contributed by atoms with Crippen molar-refractivity contribution in [2.24, 2.45) is 5.92 Å². The van der Waals surface area contributed by atoms with Gasteiger partial charge in [0.15, 0.2) is 0 Å². The maximum Gasteiger partial charge on any atom is 0.0314 e. The molecule has 144 valence electrons. The number of rotatable bonds is 5. The van der Waals surface area contributed by atoms with E-state index in [1.54, 1.807) is 0 Å². The average Bonchev–Trinajstić information content (AvgIpc) is 2.73. The van der Waals surface area contributed by atoms with E-state index in [2.05, 4.69) is 48.5 Å². The van der Waals surface area contributed by atoms with E-state index in [1.807, 2.05) is 24.3 Å². The fourth-order valence-corrected chi connectivity index (χ4v) is 4.47. The van der Waals surface area contributed by atoms with E-state index in [4.69, 9.17) is 11.5 Å². The van der Waals surface area contributed by atoms with Crippen molar-refractivity contribution in [3.05, 3.63) is 95.1 Å². The summed E-state index contributed by atoms with van der Waals surface area (Å²) in [5.74, 6) is 1.53. The summed E-state index contributed by atoms with van der Waals surface area (Å²) in [6, 6.07) is 25.9. The summed E-state index contributed by atoms with van der Waals surface area (Å²) in [7, 11) is 0.